The van der Waals surface area contributed by atoms with Crippen LogP contribution in [-0.4, -0.2) is 36.1 Å². The van der Waals surface area contributed by atoms with Crippen molar-refractivity contribution >= 4 is 52.6 Å². The molecule has 1 aliphatic heterocycles. The van der Waals surface area contributed by atoms with Crippen LogP contribution in [0.4, 0.5) is 21.0 Å². The number of urea groups is 2. The number of hydrogen-bond donors (Lipinski definition) is 3. The van der Waals surface area contributed by atoms with E-state index in [-0.39, 0.29) is 12.6 Å². The number of rotatable bonds is 7. The number of ether oxygens (including phenoxy) is 1. The molecular formula is C24H26Cl2N4O4. The van der Waals surface area contributed by atoms with Crippen molar-refractivity contribution in [3.8, 4) is 0 Å². The molecule has 3 N–H and O–H groups in total. The van der Waals surface area contributed by atoms with Gasteiger partial charge < -0.3 is 20.7 Å². The molecule has 4 amide bonds. The fourth-order valence-electron chi connectivity index (χ4n) is 3.69. The minimum atomic E-state index is -0.734. The summed E-state index contributed by atoms with van der Waals surface area (Å²) < 4.78 is 5.27. The first-order chi connectivity index (χ1) is 16.3. The Labute approximate surface area is 208 Å². The molecule has 0 saturated carbocycles. The summed E-state index contributed by atoms with van der Waals surface area (Å²) in [7, 11) is 0. The molecule has 2 aromatic rings. The van der Waals surface area contributed by atoms with Gasteiger partial charge in [-0.05, 0) is 50.1 Å². The summed E-state index contributed by atoms with van der Waals surface area (Å²) in [5, 5.41) is 8.85. The number of para-hydroxylation sites is 1. The van der Waals surface area contributed by atoms with Gasteiger partial charge in [-0.3, -0.25) is 4.90 Å². The number of esters is 1. The van der Waals surface area contributed by atoms with Crippen molar-refractivity contribution in [2.24, 2.45) is 0 Å². The largest absolute Gasteiger partial charge is 0.463 e. The minimum absolute atomic E-state index is 0.205. The normalized spacial score (nSPS) is 15.6. The first-order valence-electron chi connectivity index (χ1n) is 10.8. The molecule has 0 bridgehead atoms. The highest BCUT2D eigenvalue weighted by Gasteiger charge is 2.36. The quantitative estimate of drug-likeness (QED) is 0.405. The zero-order valence-electron chi connectivity index (χ0n) is 19.1. The summed E-state index contributed by atoms with van der Waals surface area (Å²) in [6.07, 6.45) is 0.732. The van der Waals surface area contributed by atoms with Crippen molar-refractivity contribution in [1.29, 1.82) is 0 Å². The second kappa shape index (κ2) is 11.3. The number of amides is 4. The topological polar surface area (TPSA) is 99.8 Å². The molecule has 1 unspecified atom stereocenters. The molecule has 0 aromatic heterocycles. The SMILES string of the molecule is CCCN1C(=O)NC(c2cccc(NC(=O)Nc3c(Cl)cccc3Cl)c2)C(C(=O)OCC)=C1C. The van der Waals surface area contributed by atoms with Crippen LogP contribution in [0.15, 0.2) is 53.7 Å². The molecule has 3 rings (SSSR count). The van der Waals surface area contributed by atoms with Gasteiger partial charge in [0.2, 0.25) is 0 Å². The maximum atomic E-state index is 12.8. The summed E-state index contributed by atoms with van der Waals surface area (Å²) >= 11 is 12.2. The Morgan fingerprint density at radius 3 is 2.41 bits per heavy atom. The van der Waals surface area contributed by atoms with Crippen LogP contribution < -0.4 is 16.0 Å². The molecule has 1 heterocycles. The average molecular weight is 505 g/mol. The number of hydrogen-bond acceptors (Lipinski definition) is 4. The molecule has 0 aliphatic carbocycles. The molecular weight excluding hydrogens is 479 g/mol. The number of nitrogens with zero attached hydrogens (tertiary/aromatic N) is 1. The van der Waals surface area contributed by atoms with Gasteiger partial charge in [-0.25, -0.2) is 14.4 Å². The predicted molar refractivity (Wildman–Crippen MR) is 133 cm³/mol. The number of carbonyl (C=O) groups excluding carboxylic acids is 3. The van der Waals surface area contributed by atoms with Gasteiger partial charge in [0, 0.05) is 17.9 Å². The summed E-state index contributed by atoms with van der Waals surface area (Å²) in [5.41, 5.74) is 2.24. The monoisotopic (exact) mass is 504 g/mol. The lowest BCUT2D eigenvalue weighted by molar-refractivity contribution is -0.139. The number of halogens is 2. The lowest BCUT2D eigenvalue weighted by atomic mass is 9.94. The fourth-order valence-corrected chi connectivity index (χ4v) is 4.18. The Kier molecular flexibility index (Phi) is 8.41. The van der Waals surface area contributed by atoms with E-state index in [0.717, 1.165) is 6.42 Å². The van der Waals surface area contributed by atoms with Gasteiger partial charge in [0.15, 0.2) is 0 Å². The average Bonchev–Trinajstić information content (AvgIpc) is 2.79. The van der Waals surface area contributed by atoms with Crippen LogP contribution in [0.1, 0.15) is 38.8 Å². The van der Waals surface area contributed by atoms with E-state index >= 15 is 0 Å². The van der Waals surface area contributed by atoms with E-state index in [9.17, 15) is 14.4 Å². The highest BCUT2D eigenvalue weighted by molar-refractivity contribution is 6.39. The molecule has 0 fully saturated rings. The molecule has 0 radical (unpaired) electrons. The van der Waals surface area contributed by atoms with Crippen LogP contribution in [0.2, 0.25) is 10.0 Å². The van der Waals surface area contributed by atoms with Crippen LogP contribution in [0, 0.1) is 0 Å². The van der Waals surface area contributed by atoms with Crippen molar-refractivity contribution in [2.45, 2.75) is 33.2 Å². The van der Waals surface area contributed by atoms with Gasteiger partial charge in [-0.2, -0.15) is 0 Å². The van der Waals surface area contributed by atoms with Crippen LogP contribution in [-0.2, 0) is 9.53 Å². The van der Waals surface area contributed by atoms with E-state index in [4.69, 9.17) is 27.9 Å². The highest BCUT2D eigenvalue weighted by atomic mass is 35.5. The third kappa shape index (κ3) is 5.63. The third-order valence-corrected chi connectivity index (χ3v) is 5.85. The molecule has 34 heavy (non-hydrogen) atoms. The summed E-state index contributed by atoms with van der Waals surface area (Å²) in [6, 6.07) is 10.2. The van der Waals surface area contributed by atoms with Crippen molar-refractivity contribution < 1.29 is 19.1 Å². The first-order valence-corrected chi connectivity index (χ1v) is 11.6. The van der Waals surface area contributed by atoms with Gasteiger partial charge in [0.1, 0.15) is 0 Å². The number of benzene rings is 2. The van der Waals surface area contributed by atoms with Crippen molar-refractivity contribution in [3.63, 3.8) is 0 Å². The van der Waals surface area contributed by atoms with E-state index in [0.29, 0.717) is 44.8 Å². The summed E-state index contributed by atoms with van der Waals surface area (Å²) in [5.74, 6) is -0.504. The Morgan fingerprint density at radius 2 is 1.76 bits per heavy atom. The molecule has 8 nitrogen and oxygen atoms in total. The standard InChI is InChI=1S/C24H26Cl2N4O4/c1-4-12-30-14(3)19(22(31)34-5-2)20(29-24(30)33)15-8-6-9-16(13-15)27-23(32)28-21-17(25)10-7-11-18(21)26/h6-11,13,20H,4-5,12H2,1-3H3,(H,29,33)(H2,27,28,32). The van der Waals surface area contributed by atoms with Crippen molar-refractivity contribution in [1.82, 2.24) is 10.2 Å². The van der Waals surface area contributed by atoms with Crippen molar-refractivity contribution in [2.75, 3.05) is 23.8 Å². The number of nitrogens with one attached hydrogen (secondary N) is 3. The number of allylic oxidation sites excluding steroid dienone is 1. The van der Waals surface area contributed by atoms with E-state index < -0.39 is 18.0 Å². The van der Waals surface area contributed by atoms with E-state index in [1.54, 1.807) is 56.3 Å². The fraction of sp³-hybridized carbons (Fsp3) is 0.292. The maximum Gasteiger partial charge on any atom is 0.338 e. The lowest BCUT2D eigenvalue weighted by Gasteiger charge is -2.35. The highest BCUT2D eigenvalue weighted by Crippen LogP contribution is 2.33. The van der Waals surface area contributed by atoms with Gasteiger partial charge in [-0.1, -0.05) is 48.3 Å². The molecule has 1 atom stereocenters. The Hall–Kier alpha value is -3.23. The van der Waals surface area contributed by atoms with Gasteiger partial charge in [-0.15, -0.1) is 0 Å². The van der Waals surface area contributed by atoms with Crippen LogP contribution >= 0.6 is 23.2 Å². The zero-order valence-corrected chi connectivity index (χ0v) is 20.6. The van der Waals surface area contributed by atoms with Gasteiger partial charge >= 0.3 is 18.0 Å². The Bertz CT molecular complexity index is 1120. The van der Waals surface area contributed by atoms with Crippen molar-refractivity contribution in [3.05, 3.63) is 69.3 Å². The molecule has 0 saturated heterocycles. The van der Waals surface area contributed by atoms with Crippen LogP contribution in [0.5, 0.6) is 0 Å². The van der Waals surface area contributed by atoms with Gasteiger partial charge in [0.05, 0.1) is 34.0 Å². The van der Waals surface area contributed by atoms with Crippen LogP contribution in [0.25, 0.3) is 0 Å². The summed E-state index contributed by atoms with van der Waals surface area (Å²) in [6.45, 7) is 6.09. The van der Waals surface area contributed by atoms with E-state index in [2.05, 4.69) is 16.0 Å². The van der Waals surface area contributed by atoms with Gasteiger partial charge in [0.25, 0.3) is 0 Å². The first kappa shape index (κ1) is 25.4. The maximum absolute atomic E-state index is 12.8. The second-order valence-electron chi connectivity index (χ2n) is 7.55. The minimum Gasteiger partial charge on any atom is -0.463 e. The van der Waals surface area contributed by atoms with E-state index in [1.807, 2.05) is 6.92 Å². The molecule has 10 heteroatoms. The second-order valence-corrected chi connectivity index (χ2v) is 8.37. The Morgan fingerprint density at radius 1 is 1.09 bits per heavy atom. The predicted octanol–water partition coefficient (Wildman–Crippen LogP) is 5.95. The van der Waals surface area contributed by atoms with E-state index in [1.165, 1.54) is 4.90 Å². The third-order valence-electron chi connectivity index (χ3n) is 5.22. The molecule has 1 aliphatic rings. The lowest BCUT2D eigenvalue weighted by Crippen LogP contribution is -2.48. The zero-order chi connectivity index (χ0) is 24.8. The molecule has 2 aromatic carbocycles. The molecule has 0 spiro atoms. The smallest absolute Gasteiger partial charge is 0.338 e. The van der Waals surface area contributed by atoms with Crippen LogP contribution in [0.3, 0.4) is 0 Å². The Balaban J connectivity index is 1.88. The summed E-state index contributed by atoms with van der Waals surface area (Å²) in [4.78, 5) is 39.7. The molecule has 180 valence electrons. The number of carbonyl (C=O) groups is 3. The number of anilines is 2.